The van der Waals surface area contributed by atoms with E-state index >= 15 is 0 Å². The Morgan fingerprint density at radius 2 is 1.76 bits per heavy atom. The van der Waals surface area contributed by atoms with Crippen LogP contribution in [0.3, 0.4) is 0 Å². The van der Waals surface area contributed by atoms with Crippen LogP contribution >= 0.6 is 0 Å². The first-order valence-corrected chi connectivity index (χ1v) is 14.9. The average Bonchev–Trinajstić information content (AvgIpc) is 3.14. The Morgan fingerprint density at radius 1 is 1.07 bits per heavy atom. The molecular weight excluding hydrogens is 533 g/mol. The van der Waals surface area contributed by atoms with Crippen LogP contribution in [0, 0.1) is 22.7 Å². The summed E-state index contributed by atoms with van der Waals surface area (Å²) in [7, 11) is 0. The quantitative estimate of drug-likeness (QED) is 0.362. The predicted octanol–water partition coefficient (Wildman–Crippen LogP) is 6.48. The SMILES string of the molecule is CC(C)NC(=O)N(Cc1ccc(OC(F)(F)F)cc1)CC1(O)CCC2C3=CC=C4CC(O)CCC4(C)C3CCC21C. The van der Waals surface area contributed by atoms with E-state index in [1.54, 1.807) is 4.90 Å². The van der Waals surface area contributed by atoms with Crippen molar-refractivity contribution in [1.29, 1.82) is 0 Å². The van der Waals surface area contributed by atoms with Crippen LogP contribution in [0.2, 0.25) is 0 Å². The Morgan fingerprint density at radius 3 is 2.41 bits per heavy atom. The van der Waals surface area contributed by atoms with Crippen molar-refractivity contribution in [2.24, 2.45) is 22.7 Å². The number of carbonyl (C=O) groups excluding carboxylic acids is 1. The summed E-state index contributed by atoms with van der Waals surface area (Å²) in [6, 6.07) is 5.09. The van der Waals surface area contributed by atoms with Crippen molar-refractivity contribution in [3.05, 3.63) is 53.1 Å². The van der Waals surface area contributed by atoms with Gasteiger partial charge in [-0.1, -0.05) is 49.3 Å². The zero-order valence-electron chi connectivity index (χ0n) is 24.4. The number of alkyl halides is 3. The van der Waals surface area contributed by atoms with Crippen molar-refractivity contribution >= 4 is 6.03 Å². The fourth-order valence-corrected chi connectivity index (χ4v) is 8.22. The topological polar surface area (TPSA) is 82.0 Å². The lowest BCUT2D eigenvalue weighted by Gasteiger charge is -2.56. The van der Waals surface area contributed by atoms with Gasteiger partial charge in [-0.25, -0.2) is 4.79 Å². The molecule has 0 aromatic heterocycles. The zero-order chi connectivity index (χ0) is 29.8. The number of urea groups is 1. The number of allylic oxidation sites excluding steroid dienone is 3. The molecule has 6 atom stereocenters. The molecule has 0 heterocycles. The lowest BCUT2D eigenvalue weighted by atomic mass is 9.50. The number of amides is 2. The predicted molar refractivity (Wildman–Crippen MR) is 150 cm³/mol. The minimum atomic E-state index is -4.78. The average molecular weight is 577 g/mol. The molecule has 6 nitrogen and oxygen atoms in total. The lowest BCUT2D eigenvalue weighted by molar-refractivity contribution is -0.274. The third-order valence-electron chi connectivity index (χ3n) is 10.6. The van der Waals surface area contributed by atoms with Crippen LogP contribution in [-0.4, -0.2) is 51.8 Å². The Labute approximate surface area is 240 Å². The second kappa shape index (κ2) is 10.6. The van der Waals surface area contributed by atoms with Gasteiger partial charge in [0.2, 0.25) is 0 Å². The standard InChI is InChI=1S/C32H43F3N2O4/c1-20(2)36-28(39)37(18-21-5-8-24(9-6-21)41-32(33,34)35)19-31(40)16-13-27-25-10-7-22-17-23(38)11-14-29(22,3)26(25)12-15-30(27,31)4/h5-10,20,23,26-27,38,40H,11-19H2,1-4H3,(H,36,39). The summed E-state index contributed by atoms with van der Waals surface area (Å²) >= 11 is 0. The fourth-order valence-electron chi connectivity index (χ4n) is 8.22. The molecule has 0 radical (unpaired) electrons. The van der Waals surface area contributed by atoms with Crippen molar-refractivity contribution in [3.8, 4) is 5.75 Å². The highest BCUT2D eigenvalue weighted by Gasteiger charge is 2.62. The van der Waals surface area contributed by atoms with Gasteiger partial charge in [0.1, 0.15) is 5.75 Å². The molecule has 5 rings (SSSR count). The number of fused-ring (bicyclic) bond motifs is 5. The van der Waals surface area contributed by atoms with Crippen molar-refractivity contribution in [2.75, 3.05) is 6.54 Å². The Hall–Kier alpha value is -2.52. The molecule has 4 aliphatic carbocycles. The van der Waals surface area contributed by atoms with Crippen LogP contribution < -0.4 is 10.1 Å². The Balaban J connectivity index is 1.38. The molecule has 41 heavy (non-hydrogen) atoms. The molecule has 9 heteroatoms. The molecule has 0 aliphatic heterocycles. The van der Waals surface area contributed by atoms with Gasteiger partial charge in [0.15, 0.2) is 0 Å². The third-order valence-corrected chi connectivity index (χ3v) is 10.6. The van der Waals surface area contributed by atoms with Gasteiger partial charge < -0.3 is 25.2 Å². The number of carbonyl (C=O) groups is 1. The Kier molecular flexibility index (Phi) is 7.77. The summed E-state index contributed by atoms with van der Waals surface area (Å²) < 4.78 is 41.8. The number of ether oxygens (including phenoxy) is 1. The molecule has 0 bridgehead atoms. The number of aliphatic hydroxyl groups excluding tert-OH is 1. The van der Waals surface area contributed by atoms with Gasteiger partial charge in [0.25, 0.3) is 0 Å². The van der Waals surface area contributed by atoms with Gasteiger partial charge in [-0.15, -0.1) is 13.2 Å². The van der Waals surface area contributed by atoms with E-state index in [0.717, 1.165) is 38.5 Å². The van der Waals surface area contributed by atoms with Gasteiger partial charge in [-0.05, 0) is 93.7 Å². The largest absolute Gasteiger partial charge is 0.573 e. The van der Waals surface area contributed by atoms with Crippen molar-refractivity contribution in [2.45, 2.75) is 103 Å². The van der Waals surface area contributed by atoms with E-state index in [1.165, 1.54) is 35.4 Å². The van der Waals surface area contributed by atoms with Crippen molar-refractivity contribution in [1.82, 2.24) is 10.2 Å². The number of nitrogens with zero attached hydrogens (tertiary/aromatic N) is 1. The second-order valence-electron chi connectivity index (χ2n) is 13.5. The minimum absolute atomic E-state index is 0.0382. The summed E-state index contributed by atoms with van der Waals surface area (Å²) in [4.78, 5) is 14.9. The maximum absolute atomic E-state index is 13.4. The first kappa shape index (κ1) is 30.0. The Bertz CT molecular complexity index is 1210. The van der Waals surface area contributed by atoms with Crippen molar-refractivity contribution in [3.63, 3.8) is 0 Å². The third kappa shape index (κ3) is 5.64. The molecule has 3 saturated carbocycles. The van der Waals surface area contributed by atoms with Gasteiger partial charge in [-0.2, -0.15) is 0 Å². The molecule has 3 fully saturated rings. The van der Waals surface area contributed by atoms with Gasteiger partial charge in [-0.3, -0.25) is 0 Å². The first-order valence-electron chi connectivity index (χ1n) is 14.9. The number of hydrogen-bond donors (Lipinski definition) is 3. The summed E-state index contributed by atoms with van der Waals surface area (Å²) in [5.74, 6) is 0.273. The molecule has 6 unspecified atom stereocenters. The van der Waals surface area contributed by atoms with Crippen LogP contribution in [0.25, 0.3) is 0 Å². The fraction of sp³-hybridized carbons (Fsp3) is 0.656. The number of nitrogens with one attached hydrogen (secondary N) is 1. The molecular formula is C32H43F3N2O4. The van der Waals surface area contributed by atoms with Gasteiger partial charge in [0, 0.05) is 18.0 Å². The highest BCUT2D eigenvalue weighted by Crippen LogP contribution is 2.66. The molecule has 0 spiro atoms. The normalized spacial score (nSPS) is 34.6. The monoisotopic (exact) mass is 576 g/mol. The maximum atomic E-state index is 13.4. The summed E-state index contributed by atoms with van der Waals surface area (Å²) in [5, 5.41) is 25.5. The minimum Gasteiger partial charge on any atom is -0.406 e. The summed E-state index contributed by atoms with van der Waals surface area (Å²) in [6.45, 7) is 8.51. The van der Waals surface area contributed by atoms with E-state index in [4.69, 9.17) is 0 Å². The number of benzene rings is 1. The molecule has 3 N–H and O–H groups in total. The van der Waals surface area contributed by atoms with Gasteiger partial charge >= 0.3 is 12.4 Å². The van der Waals surface area contributed by atoms with Crippen LogP contribution in [-0.2, 0) is 6.54 Å². The van der Waals surface area contributed by atoms with E-state index in [9.17, 15) is 28.2 Å². The van der Waals surface area contributed by atoms with E-state index in [0.29, 0.717) is 17.9 Å². The smallest absolute Gasteiger partial charge is 0.406 e. The summed E-state index contributed by atoms with van der Waals surface area (Å²) in [6.07, 6.45) is 5.11. The second-order valence-corrected chi connectivity index (χ2v) is 13.5. The number of rotatable bonds is 6. The van der Waals surface area contributed by atoms with Crippen LogP contribution in [0.15, 0.2) is 47.6 Å². The number of hydrogen-bond acceptors (Lipinski definition) is 4. The highest BCUT2D eigenvalue weighted by atomic mass is 19.4. The van der Waals surface area contributed by atoms with Crippen molar-refractivity contribution < 1.29 is 32.9 Å². The summed E-state index contributed by atoms with van der Waals surface area (Å²) in [5.41, 5.74) is 1.87. The molecule has 0 saturated heterocycles. The molecule has 2 amide bonds. The lowest BCUT2D eigenvalue weighted by Crippen LogP contribution is -2.57. The zero-order valence-corrected chi connectivity index (χ0v) is 24.4. The van der Waals surface area contributed by atoms with E-state index in [-0.39, 0.29) is 48.3 Å². The molecule has 4 aliphatic rings. The maximum Gasteiger partial charge on any atom is 0.573 e. The van der Waals surface area contributed by atoms with Crippen LogP contribution in [0.5, 0.6) is 5.75 Å². The first-order chi connectivity index (χ1) is 19.1. The number of aliphatic hydroxyl groups is 2. The number of halogens is 3. The van der Waals surface area contributed by atoms with E-state index < -0.39 is 17.4 Å². The molecule has 1 aromatic rings. The van der Waals surface area contributed by atoms with Crippen LogP contribution in [0.4, 0.5) is 18.0 Å². The van der Waals surface area contributed by atoms with Gasteiger partial charge in [0.05, 0.1) is 18.2 Å². The van der Waals surface area contributed by atoms with E-state index in [2.05, 4.69) is 36.1 Å². The molecule has 1 aromatic carbocycles. The van der Waals surface area contributed by atoms with Crippen LogP contribution in [0.1, 0.15) is 78.2 Å². The highest BCUT2D eigenvalue weighted by molar-refractivity contribution is 5.74. The van der Waals surface area contributed by atoms with E-state index in [1.807, 2.05) is 13.8 Å². The molecule has 226 valence electrons.